The zero-order valence-corrected chi connectivity index (χ0v) is 20.4. The van der Waals surface area contributed by atoms with Crippen LogP contribution >= 0.6 is 11.3 Å². The maximum Gasteiger partial charge on any atom is 0.251 e. The van der Waals surface area contributed by atoms with Gasteiger partial charge in [0, 0.05) is 16.6 Å². The molecule has 3 aromatic heterocycles. The lowest BCUT2D eigenvalue weighted by Crippen LogP contribution is -2.47. The summed E-state index contributed by atoms with van der Waals surface area (Å²) in [7, 11) is 0. The summed E-state index contributed by atoms with van der Waals surface area (Å²) in [5.41, 5.74) is 0.266. The summed E-state index contributed by atoms with van der Waals surface area (Å²) >= 11 is 1.36. The van der Waals surface area contributed by atoms with E-state index in [0.717, 1.165) is 30.5 Å². The van der Waals surface area contributed by atoms with E-state index in [9.17, 15) is 14.0 Å². The molecule has 2 amide bonds. The van der Waals surface area contributed by atoms with Crippen LogP contribution in [-0.2, 0) is 16.1 Å². The lowest BCUT2D eigenvalue weighted by Gasteiger charge is -2.31. The molecule has 1 aliphatic rings. The van der Waals surface area contributed by atoms with E-state index in [0.29, 0.717) is 16.4 Å². The Hall–Kier alpha value is -3.86. The standard InChI is InChI=1S/C25H25FN6O3S/c1-16-11-12-20(35-16)24-28-30-31(29-24)15-22(33)32(19-9-4-6-17(26)14-19)23(21-10-5-13-36-21)25(34)27-18-7-2-3-8-18/h4-6,9-14,18,23H,2-3,7-8,15H2,1H3,(H,27,34). The third kappa shape index (κ3) is 5.20. The molecule has 1 N–H and O–H groups in total. The van der Waals surface area contributed by atoms with Gasteiger partial charge in [-0.2, -0.15) is 4.80 Å². The van der Waals surface area contributed by atoms with Crippen LogP contribution in [-0.4, -0.2) is 38.1 Å². The number of carbonyl (C=O) groups is 2. The average Bonchev–Trinajstić information content (AvgIpc) is 3.65. The predicted molar refractivity (Wildman–Crippen MR) is 132 cm³/mol. The van der Waals surface area contributed by atoms with Crippen LogP contribution in [0.2, 0.25) is 0 Å². The zero-order valence-electron chi connectivity index (χ0n) is 19.6. The number of hydrogen-bond acceptors (Lipinski definition) is 7. The molecule has 0 saturated heterocycles. The van der Waals surface area contributed by atoms with Crippen LogP contribution in [0.5, 0.6) is 0 Å². The number of tetrazole rings is 1. The lowest BCUT2D eigenvalue weighted by molar-refractivity contribution is -0.127. The number of halogens is 1. The number of hydrogen-bond donors (Lipinski definition) is 1. The Morgan fingerprint density at radius 2 is 2.06 bits per heavy atom. The molecule has 1 atom stereocenters. The Labute approximate surface area is 210 Å². The second kappa shape index (κ2) is 10.4. The summed E-state index contributed by atoms with van der Waals surface area (Å²) in [6.45, 7) is 1.50. The van der Waals surface area contributed by atoms with Gasteiger partial charge in [0.1, 0.15) is 24.2 Å². The molecule has 0 bridgehead atoms. The highest BCUT2D eigenvalue weighted by atomic mass is 32.1. The van der Waals surface area contributed by atoms with E-state index < -0.39 is 17.8 Å². The molecular formula is C25H25FN6O3S. The van der Waals surface area contributed by atoms with Gasteiger partial charge in [0.25, 0.3) is 5.91 Å². The minimum atomic E-state index is -0.976. The van der Waals surface area contributed by atoms with Crippen LogP contribution in [0.25, 0.3) is 11.6 Å². The molecule has 1 saturated carbocycles. The summed E-state index contributed by atoms with van der Waals surface area (Å²) in [5.74, 6) is 0.0607. The highest BCUT2D eigenvalue weighted by Gasteiger charge is 2.35. The highest BCUT2D eigenvalue weighted by molar-refractivity contribution is 7.10. The van der Waals surface area contributed by atoms with Gasteiger partial charge < -0.3 is 9.73 Å². The first-order valence-corrected chi connectivity index (χ1v) is 12.6. The van der Waals surface area contributed by atoms with Crippen LogP contribution in [0.15, 0.2) is 58.3 Å². The first kappa shape index (κ1) is 23.9. The number of thiophene rings is 1. The molecule has 1 unspecified atom stereocenters. The molecule has 0 spiro atoms. The minimum absolute atomic E-state index is 0.0562. The number of benzene rings is 1. The maximum atomic E-state index is 14.3. The summed E-state index contributed by atoms with van der Waals surface area (Å²) < 4.78 is 19.8. The molecular weight excluding hydrogens is 483 g/mol. The molecule has 3 heterocycles. The van der Waals surface area contributed by atoms with Gasteiger partial charge >= 0.3 is 0 Å². The number of carbonyl (C=O) groups excluding carboxylic acids is 2. The summed E-state index contributed by atoms with van der Waals surface area (Å²) in [5, 5.41) is 17.2. The number of furan rings is 1. The van der Waals surface area contributed by atoms with Crippen molar-refractivity contribution in [2.24, 2.45) is 0 Å². The topological polar surface area (TPSA) is 106 Å². The number of anilines is 1. The highest BCUT2D eigenvalue weighted by Crippen LogP contribution is 2.32. The number of nitrogens with one attached hydrogen (secondary N) is 1. The van der Waals surface area contributed by atoms with Gasteiger partial charge in [-0.3, -0.25) is 14.5 Å². The molecule has 186 valence electrons. The van der Waals surface area contributed by atoms with Crippen molar-refractivity contribution in [1.82, 2.24) is 25.5 Å². The number of nitrogens with zero attached hydrogens (tertiary/aromatic N) is 5. The van der Waals surface area contributed by atoms with E-state index in [4.69, 9.17) is 4.42 Å². The van der Waals surface area contributed by atoms with Crippen molar-refractivity contribution in [3.8, 4) is 11.6 Å². The van der Waals surface area contributed by atoms with E-state index in [1.165, 1.54) is 34.4 Å². The maximum absolute atomic E-state index is 14.3. The molecule has 4 aromatic rings. The van der Waals surface area contributed by atoms with E-state index in [2.05, 4.69) is 20.7 Å². The summed E-state index contributed by atoms with van der Waals surface area (Å²) in [6.07, 6.45) is 3.90. The minimum Gasteiger partial charge on any atom is -0.458 e. The van der Waals surface area contributed by atoms with Crippen LogP contribution in [0.3, 0.4) is 0 Å². The number of rotatable bonds is 8. The van der Waals surface area contributed by atoms with Gasteiger partial charge in [-0.05, 0) is 66.8 Å². The first-order chi connectivity index (χ1) is 17.5. The second-order valence-corrected chi connectivity index (χ2v) is 9.68. The van der Waals surface area contributed by atoms with Crippen LogP contribution in [0.4, 0.5) is 10.1 Å². The number of amides is 2. The van der Waals surface area contributed by atoms with Crippen molar-refractivity contribution >= 4 is 28.8 Å². The van der Waals surface area contributed by atoms with Crippen LogP contribution in [0.1, 0.15) is 42.4 Å². The smallest absolute Gasteiger partial charge is 0.251 e. The van der Waals surface area contributed by atoms with E-state index in [-0.39, 0.29) is 30.0 Å². The van der Waals surface area contributed by atoms with Crippen molar-refractivity contribution in [3.63, 3.8) is 0 Å². The molecule has 1 aliphatic carbocycles. The van der Waals surface area contributed by atoms with Crippen molar-refractivity contribution in [1.29, 1.82) is 0 Å². The van der Waals surface area contributed by atoms with Crippen molar-refractivity contribution < 1.29 is 18.4 Å². The normalized spacial score (nSPS) is 14.6. The third-order valence-electron chi connectivity index (χ3n) is 6.07. The number of aryl methyl sites for hydroxylation is 1. The fourth-order valence-corrected chi connectivity index (χ4v) is 5.21. The second-order valence-electron chi connectivity index (χ2n) is 8.71. The monoisotopic (exact) mass is 508 g/mol. The predicted octanol–water partition coefficient (Wildman–Crippen LogP) is 4.28. The van der Waals surface area contributed by atoms with Crippen molar-refractivity contribution in [2.75, 3.05) is 4.90 Å². The molecule has 5 rings (SSSR count). The Morgan fingerprint density at radius 1 is 1.22 bits per heavy atom. The first-order valence-electron chi connectivity index (χ1n) is 11.7. The quantitative estimate of drug-likeness (QED) is 0.381. The Bertz CT molecular complexity index is 1350. The lowest BCUT2D eigenvalue weighted by atomic mass is 10.1. The summed E-state index contributed by atoms with van der Waals surface area (Å²) in [6, 6.07) is 11.9. The van der Waals surface area contributed by atoms with Crippen LogP contribution < -0.4 is 10.2 Å². The largest absolute Gasteiger partial charge is 0.458 e. The summed E-state index contributed by atoms with van der Waals surface area (Å²) in [4.78, 5) is 30.4. The van der Waals surface area contributed by atoms with Gasteiger partial charge in [-0.25, -0.2) is 4.39 Å². The third-order valence-corrected chi connectivity index (χ3v) is 6.99. The Morgan fingerprint density at radius 3 is 2.75 bits per heavy atom. The Balaban J connectivity index is 1.47. The van der Waals surface area contributed by atoms with Crippen LogP contribution in [0, 0.1) is 12.7 Å². The Kier molecular flexibility index (Phi) is 6.90. The van der Waals surface area contributed by atoms with Gasteiger partial charge in [0.15, 0.2) is 5.76 Å². The number of aromatic nitrogens is 4. The molecule has 11 heteroatoms. The average molecular weight is 509 g/mol. The molecule has 1 aromatic carbocycles. The fraction of sp³-hybridized carbons (Fsp3) is 0.320. The van der Waals surface area contributed by atoms with Gasteiger partial charge in [-0.15, -0.1) is 21.5 Å². The SMILES string of the molecule is Cc1ccc(-c2nnn(CC(=O)N(c3cccc(F)c3)C(C(=O)NC3CCCC3)c3cccs3)n2)o1. The van der Waals surface area contributed by atoms with E-state index in [1.807, 2.05) is 11.4 Å². The van der Waals surface area contributed by atoms with Crippen molar-refractivity contribution in [3.05, 3.63) is 70.4 Å². The molecule has 0 aliphatic heterocycles. The zero-order chi connectivity index (χ0) is 25.1. The van der Waals surface area contributed by atoms with Gasteiger partial charge in [0.05, 0.1) is 0 Å². The fourth-order valence-electron chi connectivity index (χ4n) is 4.39. The molecule has 0 radical (unpaired) electrons. The van der Waals surface area contributed by atoms with Gasteiger partial charge in [0.2, 0.25) is 11.7 Å². The van der Waals surface area contributed by atoms with Gasteiger partial charge in [-0.1, -0.05) is 25.0 Å². The molecule has 36 heavy (non-hydrogen) atoms. The molecule has 1 fully saturated rings. The van der Waals surface area contributed by atoms with Crippen molar-refractivity contribution in [2.45, 2.75) is 51.2 Å². The molecule has 9 nitrogen and oxygen atoms in total. The van der Waals surface area contributed by atoms with E-state index >= 15 is 0 Å². The van der Waals surface area contributed by atoms with E-state index in [1.54, 1.807) is 31.2 Å².